The third-order valence-corrected chi connectivity index (χ3v) is 3.97. The third-order valence-electron chi connectivity index (χ3n) is 3.97. The molecular formula is C12H20O3. The Kier molecular flexibility index (Phi) is 2.53. The van der Waals surface area contributed by atoms with Crippen LogP contribution in [0, 0.1) is 17.3 Å². The second-order valence-electron chi connectivity index (χ2n) is 5.96. The SMILES string of the molecule is CC(C)(C)[C@@H]1CC[C@H]2OC(=O)[C@H](O)[C@H]2C1. The smallest absolute Gasteiger partial charge is 0.335 e. The van der Waals surface area contributed by atoms with E-state index in [1.807, 2.05) is 0 Å². The Labute approximate surface area is 90.8 Å². The van der Waals surface area contributed by atoms with Gasteiger partial charge in [0.05, 0.1) is 0 Å². The lowest BCUT2D eigenvalue weighted by molar-refractivity contribution is -0.147. The minimum absolute atomic E-state index is 0.0221. The molecule has 0 aromatic carbocycles. The highest BCUT2D eigenvalue weighted by molar-refractivity contribution is 5.77. The van der Waals surface area contributed by atoms with Crippen molar-refractivity contribution in [3.63, 3.8) is 0 Å². The molecule has 86 valence electrons. The summed E-state index contributed by atoms with van der Waals surface area (Å²) >= 11 is 0. The van der Waals surface area contributed by atoms with Gasteiger partial charge in [-0.15, -0.1) is 0 Å². The van der Waals surface area contributed by atoms with Crippen LogP contribution in [-0.4, -0.2) is 23.3 Å². The first-order valence-electron chi connectivity index (χ1n) is 5.78. The van der Waals surface area contributed by atoms with Crippen LogP contribution in [0.1, 0.15) is 40.0 Å². The lowest BCUT2D eigenvalue weighted by atomic mass is 9.67. The molecule has 1 saturated carbocycles. The zero-order chi connectivity index (χ0) is 11.2. The van der Waals surface area contributed by atoms with Crippen molar-refractivity contribution in [2.24, 2.45) is 17.3 Å². The van der Waals surface area contributed by atoms with Crippen LogP contribution in [0.25, 0.3) is 0 Å². The van der Waals surface area contributed by atoms with Gasteiger partial charge in [0.1, 0.15) is 6.10 Å². The molecule has 3 heteroatoms. The normalized spacial score (nSPS) is 41.2. The number of esters is 1. The van der Waals surface area contributed by atoms with Gasteiger partial charge in [-0.1, -0.05) is 20.8 Å². The van der Waals surface area contributed by atoms with Gasteiger partial charge < -0.3 is 9.84 Å². The molecule has 15 heavy (non-hydrogen) atoms. The molecule has 3 nitrogen and oxygen atoms in total. The molecule has 0 amide bonds. The first-order valence-corrected chi connectivity index (χ1v) is 5.78. The number of aliphatic hydroxyl groups is 1. The summed E-state index contributed by atoms with van der Waals surface area (Å²) in [6.07, 6.45) is 2.03. The number of rotatable bonds is 0. The highest BCUT2D eigenvalue weighted by atomic mass is 16.6. The van der Waals surface area contributed by atoms with E-state index in [4.69, 9.17) is 4.74 Å². The summed E-state index contributed by atoms with van der Waals surface area (Å²) in [6.45, 7) is 6.67. The second kappa shape index (κ2) is 3.48. The molecule has 0 bridgehead atoms. The fraction of sp³-hybridized carbons (Fsp3) is 0.917. The molecular weight excluding hydrogens is 192 g/mol. The van der Waals surface area contributed by atoms with Gasteiger partial charge in [-0.3, -0.25) is 0 Å². The molecule has 1 aliphatic heterocycles. The quantitative estimate of drug-likeness (QED) is 0.622. The van der Waals surface area contributed by atoms with Gasteiger partial charge >= 0.3 is 5.97 Å². The topological polar surface area (TPSA) is 46.5 Å². The number of carbonyl (C=O) groups is 1. The highest BCUT2D eigenvalue weighted by Gasteiger charge is 2.48. The van der Waals surface area contributed by atoms with Crippen molar-refractivity contribution < 1.29 is 14.6 Å². The van der Waals surface area contributed by atoms with Gasteiger partial charge in [0.15, 0.2) is 6.10 Å². The van der Waals surface area contributed by atoms with E-state index < -0.39 is 12.1 Å². The summed E-state index contributed by atoms with van der Waals surface area (Å²) in [6, 6.07) is 0. The van der Waals surface area contributed by atoms with Crippen LogP contribution < -0.4 is 0 Å². The van der Waals surface area contributed by atoms with Crippen LogP contribution in [0.2, 0.25) is 0 Å². The maximum absolute atomic E-state index is 11.2. The summed E-state index contributed by atoms with van der Waals surface area (Å²) in [5, 5.41) is 9.70. The molecule has 2 fully saturated rings. The summed E-state index contributed by atoms with van der Waals surface area (Å²) in [5.74, 6) is 0.206. The molecule has 0 spiro atoms. The lowest BCUT2D eigenvalue weighted by Gasteiger charge is -2.38. The highest BCUT2D eigenvalue weighted by Crippen LogP contribution is 2.44. The van der Waals surface area contributed by atoms with Crippen molar-refractivity contribution >= 4 is 5.97 Å². The van der Waals surface area contributed by atoms with E-state index >= 15 is 0 Å². The van der Waals surface area contributed by atoms with Gasteiger partial charge in [0.25, 0.3) is 0 Å². The van der Waals surface area contributed by atoms with Gasteiger partial charge in [0.2, 0.25) is 0 Å². The molecule has 1 saturated heterocycles. The fourth-order valence-electron chi connectivity index (χ4n) is 2.84. The molecule has 0 aromatic rings. The van der Waals surface area contributed by atoms with Crippen LogP contribution >= 0.6 is 0 Å². The Hall–Kier alpha value is -0.570. The summed E-state index contributed by atoms with van der Waals surface area (Å²) in [5.41, 5.74) is 0.260. The molecule has 1 heterocycles. The molecule has 2 aliphatic rings. The van der Waals surface area contributed by atoms with E-state index in [9.17, 15) is 9.90 Å². The number of carbonyl (C=O) groups excluding carboxylic acids is 1. The van der Waals surface area contributed by atoms with Crippen LogP contribution in [0.5, 0.6) is 0 Å². The minimum Gasteiger partial charge on any atom is -0.460 e. The molecule has 1 aliphatic carbocycles. The number of ether oxygens (including phenoxy) is 1. The monoisotopic (exact) mass is 212 g/mol. The summed E-state index contributed by atoms with van der Waals surface area (Å²) < 4.78 is 5.15. The fourth-order valence-corrected chi connectivity index (χ4v) is 2.84. The van der Waals surface area contributed by atoms with Crippen LogP contribution in [0.15, 0.2) is 0 Å². The maximum Gasteiger partial charge on any atom is 0.335 e. The third kappa shape index (κ3) is 1.89. The Balaban J connectivity index is 2.08. The predicted molar refractivity (Wildman–Crippen MR) is 56.2 cm³/mol. The van der Waals surface area contributed by atoms with E-state index in [1.165, 1.54) is 0 Å². The summed E-state index contributed by atoms with van der Waals surface area (Å²) in [4.78, 5) is 11.2. The Morgan fingerprint density at radius 1 is 1.33 bits per heavy atom. The Morgan fingerprint density at radius 3 is 2.60 bits per heavy atom. The first kappa shape index (κ1) is 10.9. The molecule has 4 atom stereocenters. The molecule has 2 rings (SSSR count). The number of fused-ring (bicyclic) bond motifs is 1. The number of hydrogen-bond donors (Lipinski definition) is 1. The average molecular weight is 212 g/mol. The van der Waals surface area contributed by atoms with E-state index in [-0.39, 0.29) is 17.4 Å². The predicted octanol–water partition coefficient (Wildman–Crippen LogP) is 1.74. The van der Waals surface area contributed by atoms with Crippen molar-refractivity contribution in [1.82, 2.24) is 0 Å². The molecule has 1 N–H and O–H groups in total. The number of hydrogen-bond acceptors (Lipinski definition) is 3. The van der Waals surface area contributed by atoms with Crippen molar-refractivity contribution in [3.8, 4) is 0 Å². The maximum atomic E-state index is 11.2. The zero-order valence-corrected chi connectivity index (χ0v) is 9.69. The van der Waals surface area contributed by atoms with E-state index in [2.05, 4.69) is 20.8 Å². The van der Waals surface area contributed by atoms with Crippen molar-refractivity contribution in [3.05, 3.63) is 0 Å². The summed E-state index contributed by atoms with van der Waals surface area (Å²) in [7, 11) is 0. The van der Waals surface area contributed by atoms with Gasteiger partial charge in [-0.25, -0.2) is 4.79 Å². The van der Waals surface area contributed by atoms with Gasteiger partial charge in [-0.2, -0.15) is 0 Å². The number of aliphatic hydroxyl groups excluding tert-OH is 1. The largest absolute Gasteiger partial charge is 0.460 e. The zero-order valence-electron chi connectivity index (χ0n) is 9.69. The van der Waals surface area contributed by atoms with Crippen LogP contribution in [0.3, 0.4) is 0 Å². The van der Waals surface area contributed by atoms with Crippen LogP contribution in [-0.2, 0) is 9.53 Å². The van der Waals surface area contributed by atoms with Crippen LogP contribution in [0.4, 0.5) is 0 Å². The minimum atomic E-state index is -0.875. The molecule has 0 radical (unpaired) electrons. The van der Waals surface area contributed by atoms with E-state index in [0.29, 0.717) is 5.92 Å². The van der Waals surface area contributed by atoms with Crippen molar-refractivity contribution in [1.29, 1.82) is 0 Å². The van der Waals surface area contributed by atoms with E-state index in [0.717, 1.165) is 19.3 Å². The Morgan fingerprint density at radius 2 is 2.00 bits per heavy atom. The molecule has 0 aromatic heterocycles. The second-order valence-corrected chi connectivity index (χ2v) is 5.96. The Bertz CT molecular complexity index is 267. The van der Waals surface area contributed by atoms with Gasteiger partial charge in [0, 0.05) is 5.92 Å². The standard InChI is InChI=1S/C12H20O3/c1-12(2,3)7-4-5-9-8(6-7)10(13)11(14)15-9/h7-10,13H,4-6H2,1-3H3/t7-,8+,9-,10-/m1/s1. The van der Waals surface area contributed by atoms with Gasteiger partial charge in [-0.05, 0) is 30.6 Å². The van der Waals surface area contributed by atoms with Crippen molar-refractivity contribution in [2.45, 2.75) is 52.2 Å². The molecule has 0 unspecified atom stereocenters. The average Bonchev–Trinajstić information content (AvgIpc) is 2.41. The van der Waals surface area contributed by atoms with E-state index in [1.54, 1.807) is 0 Å². The first-order chi connectivity index (χ1) is 6.89. The van der Waals surface area contributed by atoms with Crippen molar-refractivity contribution in [2.75, 3.05) is 0 Å². The lowest BCUT2D eigenvalue weighted by Crippen LogP contribution is -2.36.